The minimum absolute atomic E-state index is 0.292. The topological polar surface area (TPSA) is 71.5 Å². The Morgan fingerprint density at radius 1 is 1.48 bits per heavy atom. The zero-order chi connectivity index (χ0) is 15.4. The van der Waals surface area contributed by atoms with Gasteiger partial charge in [-0.15, -0.1) is 0 Å². The molecule has 2 heterocycles. The van der Waals surface area contributed by atoms with Crippen molar-refractivity contribution in [3.63, 3.8) is 0 Å². The van der Waals surface area contributed by atoms with Gasteiger partial charge in [0.05, 0.1) is 0 Å². The molecule has 1 aromatic rings. The van der Waals surface area contributed by atoms with E-state index in [0.29, 0.717) is 5.76 Å². The van der Waals surface area contributed by atoms with Crippen molar-refractivity contribution in [3.8, 4) is 0 Å². The van der Waals surface area contributed by atoms with Gasteiger partial charge in [0.2, 0.25) is 0 Å². The third kappa shape index (κ3) is 4.08. The Bertz CT molecular complexity index is 482. The van der Waals surface area contributed by atoms with Crippen LogP contribution in [0.5, 0.6) is 0 Å². The summed E-state index contributed by atoms with van der Waals surface area (Å²) in [5.74, 6) is 7.46. The van der Waals surface area contributed by atoms with Crippen molar-refractivity contribution in [1.29, 1.82) is 0 Å². The predicted molar refractivity (Wildman–Crippen MR) is 82.6 cm³/mol. The zero-order valence-electron chi connectivity index (χ0n) is 13.3. The Hall–Kier alpha value is -1.33. The zero-order valence-corrected chi connectivity index (χ0v) is 13.3. The summed E-state index contributed by atoms with van der Waals surface area (Å²) >= 11 is 0. The lowest BCUT2D eigenvalue weighted by Gasteiger charge is -2.21. The molecule has 3 N–H and O–H groups in total. The Morgan fingerprint density at radius 2 is 2.24 bits per heavy atom. The molecule has 1 aliphatic rings. The summed E-state index contributed by atoms with van der Waals surface area (Å²) in [4.78, 5) is 14.0. The van der Waals surface area contributed by atoms with Crippen LogP contribution in [0.1, 0.15) is 55.0 Å². The van der Waals surface area contributed by atoms with Gasteiger partial charge in [-0.1, -0.05) is 13.8 Å². The quantitative estimate of drug-likeness (QED) is 0.508. The number of nitrogens with two attached hydrogens (primary N) is 1. The Labute approximate surface area is 126 Å². The molecule has 5 nitrogen and oxygen atoms in total. The Kier molecular flexibility index (Phi) is 5.42. The smallest absolute Gasteiger partial charge is 0.300 e. The largest absolute Gasteiger partial charge is 0.456 e. The number of amides is 1. The maximum atomic E-state index is 11.5. The third-order valence-corrected chi connectivity index (χ3v) is 4.58. The van der Waals surface area contributed by atoms with Gasteiger partial charge in [-0.05, 0) is 57.2 Å². The molecular formula is C16H27N3O2. The first-order valence-electron chi connectivity index (χ1n) is 7.84. The first kappa shape index (κ1) is 16.0. The number of nitrogens with one attached hydrogen (secondary N) is 1. The number of aryl methyl sites for hydroxylation is 1. The molecule has 2 rings (SSSR count). The molecule has 1 atom stereocenters. The summed E-state index contributed by atoms with van der Waals surface area (Å²) in [6.45, 7) is 9.62. The molecule has 0 aliphatic carbocycles. The third-order valence-electron chi connectivity index (χ3n) is 4.58. The normalized spacial score (nSPS) is 20.5. The summed E-state index contributed by atoms with van der Waals surface area (Å²) in [7, 11) is 0. The minimum atomic E-state index is -0.375. The van der Waals surface area contributed by atoms with Crippen molar-refractivity contribution in [2.45, 2.75) is 46.6 Å². The van der Waals surface area contributed by atoms with E-state index in [-0.39, 0.29) is 5.91 Å². The number of carbonyl (C=O) groups is 1. The number of rotatable bonds is 4. The average Bonchev–Trinajstić information content (AvgIpc) is 2.67. The van der Waals surface area contributed by atoms with E-state index in [0.717, 1.165) is 42.8 Å². The highest BCUT2D eigenvalue weighted by atomic mass is 16.4. The fourth-order valence-corrected chi connectivity index (χ4v) is 3.11. The van der Waals surface area contributed by atoms with Crippen LogP contribution in [-0.2, 0) is 6.54 Å². The minimum Gasteiger partial charge on any atom is -0.456 e. The van der Waals surface area contributed by atoms with Crippen molar-refractivity contribution in [1.82, 2.24) is 10.3 Å². The Morgan fingerprint density at radius 3 is 2.90 bits per heavy atom. The van der Waals surface area contributed by atoms with Gasteiger partial charge in [-0.25, -0.2) is 5.84 Å². The van der Waals surface area contributed by atoms with Crippen LogP contribution in [0.4, 0.5) is 0 Å². The monoisotopic (exact) mass is 293 g/mol. The fraction of sp³-hybridized carbons (Fsp3) is 0.688. The van der Waals surface area contributed by atoms with Crippen molar-refractivity contribution in [2.75, 3.05) is 13.1 Å². The second-order valence-electron chi connectivity index (χ2n) is 6.38. The second kappa shape index (κ2) is 7.09. The van der Waals surface area contributed by atoms with E-state index in [9.17, 15) is 4.79 Å². The van der Waals surface area contributed by atoms with Crippen molar-refractivity contribution < 1.29 is 9.21 Å². The van der Waals surface area contributed by atoms with Gasteiger partial charge < -0.3 is 4.42 Å². The number of likely N-dealkylation sites (tertiary alicyclic amines) is 1. The van der Waals surface area contributed by atoms with Gasteiger partial charge in [0, 0.05) is 12.1 Å². The lowest BCUT2D eigenvalue weighted by Crippen LogP contribution is -2.29. The van der Waals surface area contributed by atoms with Crippen molar-refractivity contribution >= 4 is 5.91 Å². The molecule has 1 saturated heterocycles. The summed E-state index contributed by atoms with van der Waals surface area (Å²) in [5.41, 5.74) is 3.19. The molecule has 0 saturated carbocycles. The number of hydrogen-bond donors (Lipinski definition) is 2. The van der Waals surface area contributed by atoms with Gasteiger partial charge in [0.1, 0.15) is 5.76 Å². The highest BCUT2D eigenvalue weighted by Gasteiger charge is 2.21. The summed E-state index contributed by atoms with van der Waals surface area (Å²) < 4.78 is 5.48. The van der Waals surface area contributed by atoms with Gasteiger partial charge >= 0.3 is 5.91 Å². The molecule has 21 heavy (non-hydrogen) atoms. The van der Waals surface area contributed by atoms with Crippen molar-refractivity contribution in [2.24, 2.45) is 17.7 Å². The number of nitrogen functional groups attached to an aromatic ring is 1. The molecule has 1 aromatic heterocycles. The van der Waals surface area contributed by atoms with E-state index < -0.39 is 0 Å². The SMILES string of the molecule is Cc1oc(C(=O)NN)cc1CN1CCCC(C(C)C)CC1. The molecule has 1 aliphatic heterocycles. The molecule has 118 valence electrons. The van der Waals surface area contributed by atoms with Crippen LogP contribution in [0.25, 0.3) is 0 Å². The fourth-order valence-electron chi connectivity index (χ4n) is 3.11. The van der Waals surface area contributed by atoms with Crippen LogP contribution in [0.2, 0.25) is 0 Å². The number of furan rings is 1. The van der Waals surface area contributed by atoms with E-state index in [1.54, 1.807) is 0 Å². The number of hydrogen-bond acceptors (Lipinski definition) is 4. The van der Waals surface area contributed by atoms with Crippen LogP contribution in [-0.4, -0.2) is 23.9 Å². The van der Waals surface area contributed by atoms with Crippen LogP contribution in [0.3, 0.4) is 0 Å². The highest BCUT2D eigenvalue weighted by molar-refractivity contribution is 5.91. The number of carbonyl (C=O) groups excluding carboxylic acids is 1. The van der Waals surface area contributed by atoms with Crippen LogP contribution in [0, 0.1) is 18.8 Å². The second-order valence-corrected chi connectivity index (χ2v) is 6.38. The molecule has 0 radical (unpaired) electrons. The standard InChI is InChI=1S/C16H27N3O2/c1-11(2)13-5-4-7-19(8-6-13)10-14-9-15(16(20)18-17)21-12(14)3/h9,11,13H,4-8,10,17H2,1-3H3,(H,18,20). The maximum absolute atomic E-state index is 11.5. The number of hydrazine groups is 1. The maximum Gasteiger partial charge on any atom is 0.300 e. The van der Waals surface area contributed by atoms with E-state index in [2.05, 4.69) is 24.2 Å². The first-order valence-corrected chi connectivity index (χ1v) is 7.84. The molecule has 5 heteroatoms. The van der Waals surface area contributed by atoms with E-state index in [1.807, 2.05) is 13.0 Å². The van der Waals surface area contributed by atoms with E-state index in [1.165, 1.54) is 19.3 Å². The molecule has 0 aromatic carbocycles. The van der Waals surface area contributed by atoms with Gasteiger partial charge in [-0.3, -0.25) is 15.1 Å². The summed E-state index contributed by atoms with van der Waals surface area (Å²) in [5, 5.41) is 0. The van der Waals surface area contributed by atoms with Gasteiger partial charge in [-0.2, -0.15) is 0 Å². The van der Waals surface area contributed by atoms with Crippen molar-refractivity contribution in [3.05, 3.63) is 23.2 Å². The van der Waals surface area contributed by atoms with E-state index >= 15 is 0 Å². The molecule has 0 bridgehead atoms. The summed E-state index contributed by atoms with van der Waals surface area (Å²) in [6.07, 6.45) is 3.82. The van der Waals surface area contributed by atoms with E-state index in [4.69, 9.17) is 10.3 Å². The van der Waals surface area contributed by atoms with Crippen LogP contribution in [0.15, 0.2) is 10.5 Å². The average molecular weight is 293 g/mol. The molecule has 1 fully saturated rings. The first-order chi connectivity index (χ1) is 10.0. The van der Waals surface area contributed by atoms with Crippen LogP contribution < -0.4 is 11.3 Å². The predicted octanol–water partition coefficient (Wildman–Crippen LogP) is 2.45. The van der Waals surface area contributed by atoms with Gasteiger partial charge in [0.15, 0.2) is 5.76 Å². The van der Waals surface area contributed by atoms with Gasteiger partial charge in [0.25, 0.3) is 0 Å². The summed E-state index contributed by atoms with van der Waals surface area (Å²) in [6, 6.07) is 1.81. The molecular weight excluding hydrogens is 266 g/mol. The lowest BCUT2D eigenvalue weighted by atomic mass is 9.89. The highest BCUT2D eigenvalue weighted by Crippen LogP contribution is 2.26. The molecule has 0 spiro atoms. The lowest BCUT2D eigenvalue weighted by molar-refractivity contribution is 0.0924. The van der Waals surface area contributed by atoms with Crippen LogP contribution >= 0.6 is 0 Å². The number of nitrogens with zero attached hydrogens (tertiary/aromatic N) is 1. The molecule has 1 unspecified atom stereocenters. The molecule has 1 amide bonds. The Balaban J connectivity index is 1.98.